The zero-order valence-electron chi connectivity index (χ0n) is 16.2. The zero-order valence-corrected chi connectivity index (χ0v) is 16.2. The highest BCUT2D eigenvalue weighted by atomic mass is 19.1. The van der Waals surface area contributed by atoms with Gasteiger partial charge in [0.05, 0.1) is 0 Å². The Labute approximate surface area is 161 Å². The van der Waals surface area contributed by atoms with Crippen molar-refractivity contribution in [1.29, 1.82) is 0 Å². The van der Waals surface area contributed by atoms with Crippen LogP contribution in [0, 0.1) is 12.7 Å². The molecule has 0 aliphatic carbocycles. The van der Waals surface area contributed by atoms with Crippen LogP contribution in [0.2, 0.25) is 0 Å². The molecule has 3 rings (SSSR count). The molecule has 0 bridgehead atoms. The summed E-state index contributed by atoms with van der Waals surface area (Å²) in [5.41, 5.74) is 11.6. The molecule has 3 N–H and O–H groups in total. The van der Waals surface area contributed by atoms with Gasteiger partial charge in [-0.2, -0.15) is 0 Å². The first-order chi connectivity index (χ1) is 13.2. The maximum absolute atomic E-state index is 14.8. The molecule has 3 nitrogen and oxygen atoms in total. The number of nitrogens with zero attached hydrogens (tertiary/aromatic N) is 1. The van der Waals surface area contributed by atoms with E-state index < -0.39 is 0 Å². The molecule has 4 heteroatoms. The van der Waals surface area contributed by atoms with Crippen LogP contribution in [0.15, 0.2) is 47.5 Å². The van der Waals surface area contributed by atoms with Crippen molar-refractivity contribution in [3.8, 4) is 11.1 Å². The summed E-state index contributed by atoms with van der Waals surface area (Å²) >= 11 is 0. The quantitative estimate of drug-likeness (QED) is 0.770. The molecule has 2 aromatic rings. The van der Waals surface area contributed by atoms with Crippen molar-refractivity contribution in [2.24, 2.45) is 10.7 Å². The molecule has 0 amide bonds. The van der Waals surface area contributed by atoms with Crippen molar-refractivity contribution in [2.45, 2.75) is 39.5 Å². The average molecular weight is 365 g/mol. The highest BCUT2D eigenvalue weighted by Gasteiger charge is 2.20. The Morgan fingerprint density at radius 3 is 2.74 bits per heavy atom. The van der Waals surface area contributed by atoms with Crippen LogP contribution in [0.3, 0.4) is 0 Å². The summed E-state index contributed by atoms with van der Waals surface area (Å²) in [6.45, 7) is 5.58. The maximum atomic E-state index is 14.8. The molecule has 1 aliphatic heterocycles. The van der Waals surface area contributed by atoms with Gasteiger partial charge in [-0.15, -0.1) is 0 Å². The topological polar surface area (TPSA) is 50.4 Å². The molecule has 27 heavy (non-hydrogen) atoms. The second-order valence-electron chi connectivity index (χ2n) is 6.89. The monoisotopic (exact) mass is 365 g/mol. The van der Waals surface area contributed by atoms with E-state index in [1.54, 1.807) is 6.07 Å². The van der Waals surface area contributed by atoms with Gasteiger partial charge in [-0.1, -0.05) is 43.3 Å². The molecule has 0 saturated heterocycles. The van der Waals surface area contributed by atoms with Crippen molar-refractivity contribution >= 4 is 11.5 Å². The minimum atomic E-state index is -0.211. The molecule has 0 saturated carbocycles. The van der Waals surface area contributed by atoms with E-state index in [0.717, 1.165) is 59.6 Å². The highest BCUT2D eigenvalue weighted by molar-refractivity contribution is 5.95. The SMILES string of the molecule is CC/C=C(/NC1=NCCC1)c1c(C)ccc(CCN)c1-c1ccccc1F. The van der Waals surface area contributed by atoms with Gasteiger partial charge in [-0.05, 0) is 55.5 Å². The maximum Gasteiger partial charge on any atom is 0.131 e. The van der Waals surface area contributed by atoms with Crippen molar-refractivity contribution in [3.05, 3.63) is 65.0 Å². The van der Waals surface area contributed by atoms with Crippen molar-refractivity contribution in [3.63, 3.8) is 0 Å². The largest absolute Gasteiger partial charge is 0.344 e. The van der Waals surface area contributed by atoms with Crippen LogP contribution in [0.25, 0.3) is 16.8 Å². The first-order valence-corrected chi connectivity index (χ1v) is 9.74. The predicted octanol–water partition coefficient (Wildman–Crippen LogP) is 4.84. The number of amidine groups is 1. The Morgan fingerprint density at radius 2 is 2.07 bits per heavy atom. The Hall–Kier alpha value is -2.46. The van der Waals surface area contributed by atoms with E-state index in [0.29, 0.717) is 18.5 Å². The van der Waals surface area contributed by atoms with Gasteiger partial charge >= 0.3 is 0 Å². The van der Waals surface area contributed by atoms with E-state index in [-0.39, 0.29) is 5.82 Å². The predicted molar refractivity (Wildman–Crippen MR) is 112 cm³/mol. The molecule has 1 heterocycles. The summed E-state index contributed by atoms with van der Waals surface area (Å²) in [5.74, 6) is 0.800. The minimum Gasteiger partial charge on any atom is -0.344 e. The van der Waals surface area contributed by atoms with Crippen LogP contribution in [-0.2, 0) is 6.42 Å². The number of allylic oxidation sites excluding steroid dienone is 1. The van der Waals surface area contributed by atoms with Gasteiger partial charge in [0.15, 0.2) is 0 Å². The van der Waals surface area contributed by atoms with E-state index in [2.05, 4.69) is 42.4 Å². The average Bonchev–Trinajstić information content (AvgIpc) is 3.16. The smallest absolute Gasteiger partial charge is 0.131 e. The summed E-state index contributed by atoms with van der Waals surface area (Å²) in [4.78, 5) is 4.56. The Balaban J connectivity index is 2.22. The van der Waals surface area contributed by atoms with Gasteiger partial charge in [0, 0.05) is 29.8 Å². The Bertz CT molecular complexity index is 868. The molecule has 142 valence electrons. The summed E-state index contributed by atoms with van der Waals surface area (Å²) in [5, 5.41) is 3.53. The second-order valence-corrected chi connectivity index (χ2v) is 6.89. The Kier molecular flexibility index (Phi) is 6.40. The van der Waals surface area contributed by atoms with Gasteiger partial charge in [0.25, 0.3) is 0 Å². The van der Waals surface area contributed by atoms with E-state index in [1.165, 1.54) is 6.07 Å². The fourth-order valence-corrected chi connectivity index (χ4v) is 3.65. The fraction of sp³-hybridized carbons (Fsp3) is 0.348. The third-order valence-electron chi connectivity index (χ3n) is 4.89. The van der Waals surface area contributed by atoms with E-state index in [1.807, 2.05) is 12.1 Å². The fourth-order valence-electron chi connectivity index (χ4n) is 3.65. The number of halogens is 1. The van der Waals surface area contributed by atoms with E-state index in [4.69, 9.17) is 5.73 Å². The lowest BCUT2D eigenvalue weighted by molar-refractivity contribution is 0.631. The summed E-state index contributed by atoms with van der Waals surface area (Å²) in [7, 11) is 0. The van der Waals surface area contributed by atoms with Gasteiger partial charge in [0.2, 0.25) is 0 Å². The molecule has 0 atom stereocenters. The van der Waals surface area contributed by atoms with Crippen molar-refractivity contribution in [2.75, 3.05) is 13.1 Å². The van der Waals surface area contributed by atoms with Crippen LogP contribution in [0.4, 0.5) is 4.39 Å². The lowest BCUT2D eigenvalue weighted by atomic mass is 9.87. The molecule has 1 aliphatic rings. The van der Waals surface area contributed by atoms with Gasteiger partial charge in [-0.25, -0.2) is 4.39 Å². The first-order valence-electron chi connectivity index (χ1n) is 9.74. The number of aryl methyl sites for hydroxylation is 1. The van der Waals surface area contributed by atoms with E-state index in [9.17, 15) is 4.39 Å². The standard InChI is InChI=1S/C23H28FN3/c1-3-7-20(27-21-10-6-15-26-21)22-16(2)11-12-17(13-14-25)23(22)18-8-4-5-9-19(18)24/h4-5,7-9,11-12H,3,6,10,13-15,25H2,1-2H3,(H,26,27)/b20-7+. The summed E-state index contributed by atoms with van der Waals surface area (Å²) < 4.78 is 14.8. The third-order valence-corrected chi connectivity index (χ3v) is 4.89. The Morgan fingerprint density at radius 1 is 1.26 bits per heavy atom. The number of hydrogen-bond donors (Lipinski definition) is 2. The van der Waals surface area contributed by atoms with E-state index >= 15 is 0 Å². The molecular formula is C23H28FN3. The zero-order chi connectivity index (χ0) is 19.2. The molecular weight excluding hydrogens is 337 g/mol. The number of nitrogens with two attached hydrogens (primary N) is 1. The summed E-state index contributed by atoms with van der Waals surface area (Å²) in [6, 6.07) is 11.2. The molecule has 0 spiro atoms. The molecule has 0 unspecified atom stereocenters. The minimum absolute atomic E-state index is 0.211. The normalized spacial score (nSPS) is 14.4. The number of rotatable bonds is 6. The van der Waals surface area contributed by atoms with Crippen molar-refractivity contribution < 1.29 is 4.39 Å². The van der Waals surface area contributed by atoms with Gasteiger partial charge < -0.3 is 11.1 Å². The second kappa shape index (κ2) is 8.96. The lowest BCUT2D eigenvalue weighted by Gasteiger charge is -2.21. The van der Waals surface area contributed by atoms with Crippen LogP contribution >= 0.6 is 0 Å². The number of benzene rings is 2. The van der Waals surface area contributed by atoms with Crippen LogP contribution in [-0.4, -0.2) is 18.9 Å². The van der Waals surface area contributed by atoms with Crippen LogP contribution in [0.5, 0.6) is 0 Å². The van der Waals surface area contributed by atoms with Gasteiger partial charge in [-0.3, -0.25) is 4.99 Å². The first kappa shape index (κ1) is 19.3. The number of aliphatic imine (C=N–C) groups is 1. The van der Waals surface area contributed by atoms with Crippen LogP contribution < -0.4 is 11.1 Å². The van der Waals surface area contributed by atoms with Gasteiger partial charge in [0.1, 0.15) is 11.7 Å². The van der Waals surface area contributed by atoms with Crippen molar-refractivity contribution in [1.82, 2.24) is 5.32 Å². The lowest BCUT2D eigenvalue weighted by Crippen LogP contribution is -2.21. The number of hydrogen-bond acceptors (Lipinski definition) is 3. The molecule has 2 aromatic carbocycles. The highest BCUT2D eigenvalue weighted by Crippen LogP contribution is 2.36. The molecule has 0 fully saturated rings. The third kappa shape index (κ3) is 4.28. The molecule has 0 radical (unpaired) electrons. The molecule has 0 aromatic heterocycles. The summed E-state index contributed by atoms with van der Waals surface area (Å²) in [6.07, 6.45) is 5.79. The van der Waals surface area contributed by atoms with Crippen LogP contribution in [0.1, 0.15) is 42.9 Å². The number of nitrogens with one attached hydrogen (secondary N) is 1.